The molecule has 1 atom stereocenters. The smallest absolute Gasteiger partial charge is 0.239 e. The highest BCUT2D eigenvalue weighted by molar-refractivity contribution is 5.91. The normalized spacial score (nSPS) is 15.4. The topological polar surface area (TPSA) is 70.4 Å². The number of rotatable bonds is 8. The molecule has 1 aliphatic carbocycles. The molecule has 0 saturated heterocycles. The van der Waals surface area contributed by atoms with Crippen LogP contribution in [0.1, 0.15) is 24.1 Å². The summed E-state index contributed by atoms with van der Waals surface area (Å²) in [4.78, 5) is 14.7. The molecule has 1 fully saturated rings. The molecule has 0 aliphatic heterocycles. The maximum Gasteiger partial charge on any atom is 0.239 e. The lowest BCUT2D eigenvalue weighted by molar-refractivity contribution is -0.118. The van der Waals surface area contributed by atoms with Gasteiger partial charge in [-0.15, -0.1) is 0 Å². The number of benzene rings is 1. The Morgan fingerprint density at radius 1 is 1.40 bits per heavy atom. The second kappa shape index (κ2) is 7.80. The van der Waals surface area contributed by atoms with Crippen LogP contribution >= 0.6 is 0 Å². The first kappa shape index (κ1) is 17.6. The van der Waals surface area contributed by atoms with Crippen LogP contribution in [0.25, 0.3) is 0 Å². The van der Waals surface area contributed by atoms with E-state index >= 15 is 0 Å². The molecule has 1 amide bonds. The van der Waals surface area contributed by atoms with Crippen molar-refractivity contribution in [1.29, 1.82) is 0 Å². The van der Waals surface area contributed by atoms with Crippen molar-refractivity contribution >= 4 is 11.7 Å². The molecule has 2 aromatic rings. The number of nitrogens with zero attached hydrogens (tertiary/aromatic N) is 3. The van der Waals surface area contributed by atoms with Gasteiger partial charge in [-0.05, 0) is 31.2 Å². The molecular formula is C19H26N4O2. The molecule has 1 aromatic carbocycles. The SMILES string of the molecule is Cc1cc(NC(=O)CN(Cc2ccccc2)[C@H](CO)C2CC2)n(C)n1. The van der Waals surface area contributed by atoms with Crippen molar-refractivity contribution in [2.45, 2.75) is 32.4 Å². The summed E-state index contributed by atoms with van der Waals surface area (Å²) in [6, 6.07) is 12.0. The Bertz CT molecular complexity index is 709. The minimum atomic E-state index is -0.0852. The summed E-state index contributed by atoms with van der Waals surface area (Å²) >= 11 is 0. The van der Waals surface area contributed by atoms with Gasteiger partial charge in [0.05, 0.1) is 18.8 Å². The number of aryl methyl sites for hydroxylation is 2. The molecule has 6 nitrogen and oxygen atoms in total. The second-order valence-electron chi connectivity index (χ2n) is 6.82. The number of nitrogens with one attached hydrogen (secondary N) is 1. The molecule has 25 heavy (non-hydrogen) atoms. The predicted octanol–water partition coefficient (Wildman–Crippen LogP) is 1.94. The third kappa shape index (κ3) is 4.67. The Morgan fingerprint density at radius 2 is 2.12 bits per heavy atom. The second-order valence-corrected chi connectivity index (χ2v) is 6.82. The van der Waals surface area contributed by atoms with Gasteiger partial charge in [-0.2, -0.15) is 5.10 Å². The third-order valence-corrected chi connectivity index (χ3v) is 4.67. The van der Waals surface area contributed by atoms with Crippen molar-refractivity contribution in [2.75, 3.05) is 18.5 Å². The van der Waals surface area contributed by atoms with Gasteiger partial charge in [0, 0.05) is 25.7 Å². The van der Waals surface area contributed by atoms with E-state index in [4.69, 9.17) is 0 Å². The molecule has 134 valence electrons. The Morgan fingerprint density at radius 3 is 2.68 bits per heavy atom. The average molecular weight is 342 g/mol. The Kier molecular flexibility index (Phi) is 5.50. The van der Waals surface area contributed by atoms with Gasteiger partial charge < -0.3 is 10.4 Å². The van der Waals surface area contributed by atoms with E-state index < -0.39 is 0 Å². The van der Waals surface area contributed by atoms with Crippen LogP contribution in [0.4, 0.5) is 5.82 Å². The zero-order valence-corrected chi connectivity index (χ0v) is 14.9. The molecular weight excluding hydrogens is 316 g/mol. The van der Waals surface area contributed by atoms with E-state index in [-0.39, 0.29) is 25.1 Å². The van der Waals surface area contributed by atoms with Crippen LogP contribution in [0.5, 0.6) is 0 Å². The Balaban J connectivity index is 1.69. The zero-order valence-electron chi connectivity index (χ0n) is 14.9. The number of hydrogen-bond donors (Lipinski definition) is 2. The van der Waals surface area contributed by atoms with Gasteiger partial charge in [0.2, 0.25) is 5.91 Å². The maximum atomic E-state index is 12.6. The minimum Gasteiger partial charge on any atom is -0.395 e. The van der Waals surface area contributed by atoms with E-state index in [0.717, 1.165) is 24.1 Å². The van der Waals surface area contributed by atoms with Gasteiger partial charge in [-0.25, -0.2) is 0 Å². The number of anilines is 1. The summed E-state index contributed by atoms with van der Waals surface area (Å²) in [6.07, 6.45) is 2.25. The third-order valence-electron chi connectivity index (χ3n) is 4.67. The van der Waals surface area contributed by atoms with Crippen LogP contribution in [0.2, 0.25) is 0 Å². The lowest BCUT2D eigenvalue weighted by Crippen LogP contribution is -2.43. The highest BCUT2D eigenvalue weighted by Crippen LogP contribution is 2.35. The van der Waals surface area contributed by atoms with E-state index in [1.165, 1.54) is 0 Å². The lowest BCUT2D eigenvalue weighted by Gasteiger charge is -2.30. The van der Waals surface area contributed by atoms with Crippen molar-refractivity contribution in [3.8, 4) is 0 Å². The van der Waals surface area contributed by atoms with Crippen molar-refractivity contribution < 1.29 is 9.90 Å². The largest absolute Gasteiger partial charge is 0.395 e. The number of aliphatic hydroxyl groups is 1. The van der Waals surface area contributed by atoms with Crippen LogP contribution in [-0.2, 0) is 18.4 Å². The molecule has 2 N–H and O–H groups in total. The van der Waals surface area contributed by atoms with Crippen LogP contribution < -0.4 is 5.32 Å². The minimum absolute atomic E-state index is 0.0271. The van der Waals surface area contributed by atoms with Gasteiger partial charge in [0.25, 0.3) is 0 Å². The molecule has 0 unspecified atom stereocenters. The lowest BCUT2D eigenvalue weighted by atomic mass is 10.1. The highest BCUT2D eigenvalue weighted by atomic mass is 16.3. The molecule has 1 saturated carbocycles. The van der Waals surface area contributed by atoms with E-state index in [1.54, 1.807) is 4.68 Å². The molecule has 1 heterocycles. The van der Waals surface area contributed by atoms with Crippen LogP contribution in [0.15, 0.2) is 36.4 Å². The van der Waals surface area contributed by atoms with Crippen LogP contribution in [0.3, 0.4) is 0 Å². The molecule has 0 radical (unpaired) electrons. The van der Waals surface area contributed by atoms with Gasteiger partial charge in [0.1, 0.15) is 5.82 Å². The summed E-state index contributed by atoms with van der Waals surface area (Å²) in [5.74, 6) is 1.09. The van der Waals surface area contributed by atoms with Gasteiger partial charge >= 0.3 is 0 Å². The Hall–Kier alpha value is -2.18. The summed E-state index contributed by atoms with van der Waals surface area (Å²) in [5.41, 5.74) is 2.01. The number of amides is 1. The number of carbonyl (C=O) groups is 1. The van der Waals surface area contributed by atoms with Crippen LogP contribution in [-0.4, -0.2) is 44.9 Å². The van der Waals surface area contributed by atoms with Crippen LogP contribution in [0, 0.1) is 12.8 Å². The fraction of sp³-hybridized carbons (Fsp3) is 0.474. The molecule has 1 aromatic heterocycles. The summed E-state index contributed by atoms with van der Waals surface area (Å²) in [6.45, 7) is 2.88. The van der Waals surface area contributed by atoms with E-state index in [0.29, 0.717) is 18.3 Å². The van der Waals surface area contributed by atoms with Gasteiger partial charge in [0.15, 0.2) is 0 Å². The molecule has 1 aliphatic rings. The highest BCUT2D eigenvalue weighted by Gasteiger charge is 2.35. The first-order valence-electron chi connectivity index (χ1n) is 8.76. The zero-order chi connectivity index (χ0) is 17.8. The summed E-state index contributed by atoms with van der Waals surface area (Å²) < 4.78 is 1.67. The number of hydrogen-bond acceptors (Lipinski definition) is 4. The maximum absolute atomic E-state index is 12.6. The Labute approximate surface area is 148 Å². The van der Waals surface area contributed by atoms with Gasteiger partial charge in [-0.1, -0.05) is 30.3 Å². The summed E-state index contributed by atoms with van der Waals surface area (Å²) in [5, 5.41) is 17.0. The van der Waals surface area contributed by atoms with Gasteiger partial charge in [-0.3, -0.25) is 14.4 Å². The first-order valence-corrected chi connectivity index (χ1v) is 8.76. The molecule has 3 rings (SSSR count). The van der Waals surface area contributed by atoms with E-state index in [9.17, 15) is 9.90 Å². The number of aromatic nitrogens is 2. The number of aliphatic hydroxyl groups excluding tert-OH is 1. The van der Waals surface area contributed by atoms with Crippen molar-refractivity contribution in [2.24, 2.45) is 13.0 Å². The van der Waals surface area contributed by atoms with E-state index in [1.807, 2.05) is 38.2 Å². The van der Waals surface area contributed by atoms with Crippen molar-refractivity contribution in [3.63, 3.8) is 0 Å². The van der Waals surface area contributed by atoms with Crippen molar-refractivity contribution in [1.82, 2.24) is 14.7 Å². The molecule has 6 heteroatoms. The molecule has 0 bridgehead atoms. The van der Waals surface area contributed by atoms with Crippen molar-refractivity contribution in [3.05, 3.63) is 47.7 Å². The summed E-state index contributed by atoms with van der Waals surface area (Å²) in [7, 11) is 1.81. The number of carbonyl (C=O) groups excluding carboxylic acids is 1. The van der Waals surface area contributed by atoms with E-state index in [2.05, 4.69) is 27.4 Å². The quantitative estimate of drug-likeness (QED) is 0.769. The molecule has 0 spiro atoms. The first-order chi connectivity index (χ1) is 12.1. The standard InChI is InChI=1S/C19H26N4O2/c1-14-10-18(22(2)21-14)20-19(25)12-23(17(13-24)16-8-9-16)11-15-6-4-3-5-7-15/h3-7,10,16-17,24H,8-9,11-13H2,1-2H3,(H,20,25)/t17-/m1/s1. The fourth-order valence-corrected chi connectivity index (χ4v) is 3.25. The monoisotopic (exact) mass is 342 g/mol. The predicted molar refractivity (Wildman–Crippen MR) is 97.0 cm³/mol. The average Bonchev–Trinajstić information content (AvgIpc) is 3.35. The fourth-order valence-electron chi connectivity index (χ4n) is 3.25.